The van der Waals surface area contributed by atoms with Crippen molar-refractivity contribution in [2.24, 2.45) is 5.92 Å². The fourth-order valence-electron chi connectivity index (χ4n) is 6.64. The van der Waals surface area contributed by atoms with Crippen LogP contribution >= 0.6 is 0 Å². The predicted molar refractivity (Wildman–Crippen MR) is 178 cm³/mol. The number of hydrogen-bond acceptors (Lipinski definition) is 4. The fourth-order valence-corrected chi connectivity index (χ4v) is 6.64. The van der Waals surface area contributed by atoms with Crippen LogP contribution in [-0.2, 0) is 10.3 Å². The molecule has 7 heteroatoms. The van der Waals surface area contributed by atoms with Gasteiger partial charge < -0.3 is 4.74 Å². The third-order valence-electron chi connectivity index (χ3n) is 8.76. The molecule has 228 valence electrons. The molecule has 0 N–H and O–H groups in total. The van der Waals surface area contributed by atoms with Crippen LogP contribution in [0.2, 0.25) is 0 Å². The molecule has 46 heavy (non-hydrogen) atoms. The molecule has 0 radical (unpaired) electrons. The van der Waals surface area contributed by atoms with Crippen molar-refractivity contribution in [2.45, 2.75) is 25.8 Å². The van der Waals surface area contributed by atoms with Crippen molar-refractivity contribution in [3.63, 3.8) is 0 Å². The maximum atomic E-state index is 15.4. The number of hydrogen-bond donors (Lipinski definition) is 0. The van der Waals surface area contributed by atoms with Gasteiger partial charge in [-0.15, -0.1) is 0 Å². The Kier molecular flexibility index (Phi) is 7.66. The molecule has 0 aliphatic heterocycles. The quantitative estimate of drug-likeness (QED) is 0.163. The van der Waals surface area contributed by atoms with Gasteiger partial charge in [0.15, 0.2) is 0 Å². The van der Waals surface area contributed by atoms with Gasteiger partial charge in [0.1, 0.15) is 16.9 Å². The zero-order chi connectivity index (χ0) is 31.7. The van der Waals surface area contributed by atoms with Gasteiger partial charge in [-0.25, -0.2) is 4.79 Å². The number of carbonyl (C=O) groups excluding carboxylic acids is 1. The van der Waals surface area contributed by atoms with E-state index in [9.17, 15) is 4.79 Å². The summed E-state index contributed by atoms with van der Waals surface area (Å²) in [5.41, 5.74) is 6.15. The molecule has 0 amide bonds. The Labute approximate surface area is 267 Å². The monoisotopic (exact) mass is 608 g/mol. The van der Waals surface area contributed by atoms with Crippen LogP contribution < -0.4 is 0 Å². The second-order valence-electron chi connectivity index (χ2n) is 11.4. The highest BCUT2D eigenvalue weighted by atomic mass is 19.1. The molecular formula is C39H33FN4O2. The van der Waals surface area contributed by atoms with E-state index in [0.29, 0.717) is 22.5 Å². The van der Waals surface area contributed by atoms with E-state index in [1.165, 1.54) is 0 Å². The van der Waals surface area contributed by atoms with Crippen molar-refractivity contribution < 1.29 is 13.9 Å². The number of ether oxygens (including phenoxy) is 1. The van der Waals surface area contributed by atoms with Crippen LogP contribution in [0, 0.1) is 18.8 Å². The molecule has 0 saturated carbocycles. The van der Waals surface area contributed by atoms with Crippen LogP contribution in [0.4, 0.5) is 4.39 Å². The number of benzene rings is 3. The average Bonchev–Trinajstić information content (AvgIpc) is 3.65. The lowest BCUT2D eigenvalue weighted by atomic mass is 9.70. The second-order valence-corrected chi connectivity index (χ2v) is 11.4. The predicted octanol–water partition coefficient (Wildman–Crippen LogP) is 8.41. The number of aromatic nitrogens is 4. The van der Waals surface area contributed by atoms with E-state index in [1.54, 1.807) is 35.6 Å². The Morgan fingerprint density at radius 3 is 2.20 bits per heavy atom. The normalized spacial score (nSPS) is 14.5. The molecule has 6 nitrogen and oxygen atoms in total. The standard InChI is InChI=1S/C39H33FN4O2/c1-3-46-38(45)29-21-19-28(20-22-29)36-37(40)41-35-24-23-30(25-43(35)36)34-26-44(42-27(34)2)39(31-13-7-4-8-14-31,32-15-9-5-10-16-32)33-17-11-6-12-18-33/h4-17,19-26,33H,3,18H2,1-2H3. The molecule has 3 aromatic carbocycles. The van der Waals surface area contributed by atoms with Gasteiger partial charge in [-0.1, -0.05) is 97.1 Å². The zero-order valence-electron chi connectivity index (χ0n) is 25.7. The minimum absolute atomic E-state index is 0.101. The van der Waals surface area contributed by atoms with Gasteiger partial charge in [-0.05, 0) is 55.7 Å². The smallest absolute Gasteiger partial charge is 0.338 e. The van der Waals surface area contributed by atoms with E-state index >= 15 is 4.39 Å². The average molecular weight is 609 g/mol. The number of fused-ring (bicyclic) bond motifs is 1. The number of allylic oxidation sites excluding steroid dienone is 4. The van der Waals surface area contributed by atoms with Crippen molar-refractivity contribution in [1.82, 2.24) is 19.2 Å². The first kappa shape index (κ1) is 29.2. The summed E-state index contributed by atoms with van der Waals surface area (Å²) in [4.78, 5) is 16.4. The SMILES string of the molecule is CCOC(=O)c1ccc(-c2c(F)nc3ccc(-c4cn(C(c5ccccc5)(c5ccccc5)C5C=CC=CC5)nc4C)cn23)cc1. The molecular weight excluding hydrogens is 575 g/mol. The molecule has 0 bridgehead atoms. The van der Waals surface area contributed by atoms with Crippen molar-refractivity contribution in [2.75, 3.05) is 6.61 Å². The minimum Gasteiger partial charge on any atom is -0.462 e. The van der Waals surface area contributed by atoms with Gasteiger partial charge in [0.05, 0.1) is 17.9 Å². The first-order valence-corrected chi connectivity index (χ1v) is 15.5. The van der Waals surface area contributed by atoms with Gasteiger partial charge in [-0.3, -0.25) is 9.08 Å². The number of imidazole rings is 1. The molecule has 3 aromatic heterocycles. The Bertz CT molecular complexity index is 2040. The van der Waals surface area contributed by atoms with Crippen LogP contribution in [0.3, 0.4) is 0 Å². The number of halogens is 1. The molecule has 3 heterocycles. The highest BCUT2D eigenvalue weighted by Gasteiger charge is 2.44. The first-order chi connectivity index (χ1) is 22.5. The summed E-state index contributed by atoms with van der Waals surface area (Å²) in [7, 11) is 0. The lowest BCUT2D eigenvalue weighted by Gasteiger charge is -2.41. The van der Waals surface area contributed by atoms with Crippen LogP contribution in [0.5, 0.6) is 0 Å². The van der Waals surface area contributed by atoms with E-state index in [-0.39, 0.29) is 12.5 Å². The Morgan fingerprint density at radius 1 is 0.891 bits per heavy atom. The molecule has 0 fully saturated rings. The van der Waals surface area contributed by atoms with Gasteiger partial charge in [-0.2, -0.15) is 14.5 Å². The van der Waals surface area contributed by atoms with Crippen LogP contribution in [0.1, 0.15) is 40.5 Å². The van der Waals surface area contributed by atoms with E-state index in [0.717, 1.165) is 34.4 Å². The second kappa shape index (κ2) is 12.1. The van der Waals surface area contributed by atoms with Gasteiger partial charge >= 0.3 is 5.97 Å². The van der Waals surface area contributed by atoms with Crippen molar-refractivity contribution >= 4 is 11.6 Å². The van der Waals surface area contributed by atoms with E-state index in [1.807, 2.05) is 37.4 Å². The summed E-state index contributed by atoms with van der Waals surface area (Å²) < 4.78 is 24.4. The lowest BCUT2D eigenvalue weighted by molar-refractivity contribution is 0.0526. The van der Waals surface area contributed by atoms with Crippen LogP contribution in [-0.4, -0.2) is 31.7 Å². The van der Waals surface area contributed by atoms with Crippen molar-refractivity contribution in [1.29, 1.82) is 0 Å². The van der Waals surface area contributed by atoms with E-state index < -0.39 is 17.5 Å². The molecule has 1 atom stereocenters. The third-order valence-corrected chi connectivity index (χ3v) is 8.76. The number of pyridine rings is 1. The van der Waals surface area contributed by atoms with Crippen LogP contribution in [0.25, 0.3) is 28.0 Å². The van der Waals surface area contributed by atoms with E-state index in [2.05, 4.69) is 88.7 Å². The number of nitrogens with zero attached hydrogens (tertiary/aromatic N) is 4. The lowest BCUT2D eigenvalue weighted by Crippen LogP contribution is -2.43. The molecule has 0 saturated heterocycles. The summed E-state index contributed by atoms with van der Waals surface area (Å²) >= 11 is 0. The number of rotatable bonds is 8. The highest BCUT2D eigenvalue weighted by molar-refractivity contribution is 5.90. The summed E-state index contributed by atoms with van der Waals surface area (Å²) in [6, 6.07) is 31.6. The zero-order valence-corrected chi connectivity index (χ0v) is 25.7. The van der Waals surface area contributed by atoms with Crippen LogP contribution in [0.15, 0.2) is 134 Å². The number of aryl methyl sites for hydroxylation is 1. The summed E-state index contributed by atoms with van der Waals surface area (Å²) in [6.07, 6.45) is 13.6. The molecule has 7 rings (SSSR count). The third kappa shape index (κ3) is 4.94. The van der Waals surface area contributed by atoms with Gasteiger partial charge in [0.2, 0.25) is 5.95 Å². The molecule has 0 spiro atoms. The summed E-state index contributed by atoms with van der Waals surface area (Å²) in [5, 5.41) is 5.21. The van der Waals surface area contributed by atoms with E-state index in [4.69, 9.17) is 9.84 Å². The van der Waals surface area contributed by atoms with Crippen molar-refractivity contribution in [3.8, 4) is 22.4 Å². The maximum Gasteiger partial charge on any atom is 0.338 e. The minimum atomic E-state index is -0.621. The largest absolute Gasteiger partial charge is 0.462 e. The molecule has 6 aromatic rings. The molecule has 1 unspecified atom stereocenters. The first-order valence-electron chi connectivity index (χ1n) is 15.5. The Hall–Kier alpha value is -5.56. The van der Waals surface area contributed by atoms with Gasteiger partial charge in [0, 0.05) is 35.0 Å². The summed E-state index contributed by atoms with van der Waals surface area (Å²) in [6.45, 7) is 4.06. The fraction of sp³-hybridized carbons (Fsp3) is 0.154. The number of carbonyl (C=O) groups is 1. The van der Waals surface area contributed by atoms with Gasteiger partial charge in [0.25, 0.3) is 0 Å². The Morgan fingerprint density at radius 2 is 1.57 bits per heavy atom. The molecule has 1 aliphatic carbocycles. The van der Waals surface area contributed by atoms with Crippen molar-refractivity contribution in [3.05, 3.63) is 162 Å². The highest BCUT2D eigenvalue weighted by Crippen LogP contribution is 2.45. The molecule has 1 aliphatic rings. The topological polar surface area (TPSA) is 61.4 Å². The Balaban J connectivity index is 1.37. The maximum absolute atomic E-state index is 15.4. The summed E-state index contributed by atoms with van der Waals surface area (Å²) in [5.74, 6) is -0.897. The number of esters is 1.